The number of amides is 1. The van der Waals surface area contributed by atoms with Gasteiger partial charge in [-0.1, -0.05) is 12.1 Å². The molecule has 0 atom stereocenters. The molecule has 1 aliphatic rings. The summed E-state index contributed by atoms with van der Waals surface area (Å²) in [6.07, 6.45) is 6.22. The Balaban J connectivity index is 1.21. The summed E-state index contributed by atoms with van der Waals surface area (Å²) < 4.78 is 7.25. The third-order valence-corrected chi connectivity index (χ3v) is 5.86. The van der Waals surface area contributed by atoms with Crippen LogP contribution in [0.1, 0.15) is 28.8 Å². The average Bonchev–Trinajstić information content (AvgIpc) is 3.34. The number of ether oxygens (including phenoxy) is 1. The quantitative estimate of drug-likeness (QED) is 0.645. The van der Waals surface area contributed by atoms with Crippen molar-refractivity contribution in [3.63, 3.8) is 0 Å². The van der Waals surface area contributed by atoms with Gasteiger partial charge in [0.05, 0.1) is 7.11 Å². The van der Waals surface area contributed by atoms with Gasteiger partial charge in [-0.15, -0.1) is 0 Å². The van der Waals surface area contributed by atoms with E-state index >= 15 is 0 Å². The standard InChI is InChI=1S/C25H29N3O2/c1-30-24-10-4-21(5-11-24)19-27-16-12-20(13-17-27)18-26-25(29)22-6-8-23(9-7-22)28-14-2-3-15-28/h2-11,14-15,20H,12-13,16-19H2,1H3,(H,26,29). The Kier molecular flexibility index (Phi) is 6.50. The van der Waals surface area contributed by atoms with Gasteiger partial charge in [-0.05, 0) is 85.9 Å². The smallest absolute Gasteiger partial charge is 0.251 e. The van der Waals surface area contributed by atoms with Crippen molar-refractivity contribution in [3.8, 4) is 11.4 Å². The minimum atomic E-state index is 0.00900. The van der Waals surface area contributed by atoms with Crippen LogP contribution in [-0.2, 0) is 6.54 Å². The maximum absolute atomic E-state index is 12.5. The molecule has 5 heteroatoms. The minimum Gasteiger partial charge on any atom is -0.497 e. The summed E-state index contributed by atoms with van der Waals surface area (Å²) in [6, 6.07) is 20.0. The number of methoxy groups -OCH3 is 1. The Morgan fingerprint density at radius 1 is 1.00 bits per heavy atom. The molecule has 2 heterocycles. The molecule has 156 valence electrons. The number of benzene rings is 2. The molecule has 30 heavy (non-hydrogen) atoms. The summed E-state index contributed by atoms with van der Waals surface area (Å²) in [5.41, 5.74) is 3.08. The molecule has 1 amide bonds. The molecule has 0 radical (unpaired) electrons. The zero-order valence-corrected chi connectivity index (χ0v) is 17.5. The number of piperidine rings is 1. The molecular weight excluding hydrogens is 374 g/mol. The Morgan fingerprint density at radius 3 is 2.30 bits per heavy atom. The van der Waals surface area contributed by atoms with Gasteiger partial charge in [0.15, 0.2) is 0 Å². The number of nitrogens with zero attached hydrogens (tertiary/aromatic N) is 2. The molecular formula is C25H29N3O2. The molecule has 1 aliphatic heterocycles. The summed E-state index contributed by atoms with van der Waals surface area (Å²) in [5, 5.41) is 3.12. The number of rotatable bonds is 7. The van der Waals surface area contributed by atoms with Crippen LogP contribution < -0.4 is 10.1 Å². The van der Waals surface area contributed by atoms with Crippen molar-refractivity contribution in [2.24, 2.45) is 5.92 Å². The van der Waals surface area contributed by atoms with E-state index in [9.17, 15) is 4.79 Å². The van der Waals surface area contributed by atoms with Crippen molar-refractivity contribution < 1.29 is 9.53 Å². The normalized spacial score (nSPS) is 15.1. The first-order valence-electron chi connectivity index (χ1n) is 10.6. The first kappa shape index (κ1) is 20.2. The fourth-order valence-corrected chi connectivity index (χ4v) is 3.97. The lowest BCUT2D eigenvalue weighted by molar-refractivity contribution is 0.0935. The van der Waals surface area contributed by atoms with Crippen LogP contribution >= 0.6 is 0 Å². The highest BCUT2D eigenvalue weighted by molar-refractivity contribution is 5.94. The SMILES string of the molecule is COc1ccc(CN2CCC(CNC(=O)c3ccc(-n4cccc4)cc3)CC2)cc1. The molecule has 0 unspecified atom stereocenters. The van der Waals surface area contributed by atoms with E-state index in [4.69, 9.17) is 4.74 Å². The zero-order chi connectivity index (χ0) is 20.8. The maximum Gasteiger partial charge on any atom is 0.251 e. The van der Waals surface area contributed by atoms with Crippen molar-refractivity contribution in [1.29, 1.82) is 0 Å². The Morgan fingerprint density at radius 2 is 1.67 bits per heavy atom. The van der Waals surface area contributed by atoms with Crippen molar-refractivity contribution in [1.82, 2.24) is 14.8 Å². The fourth-order valence-electron chi connectivity index (χ4n) is 3.97. The number of likely N-dealkylation sites (tertiary alicyclic amines) is 1. The van der Waals surface area contributed by atoms with E-state index in [0.29, 0.717) is 11.5 Å². The maximum atomic E-state index is 12.5. The zero-order valence-electron chi connectivity index (χ0n) is 17.5. The highest BCUT2D eigenvalue weighted by Crippen LogP contribution is 2.20. The van der Waals surface area contributed by atoms with Crippen LogP contribution in [0.3, 0.4) is 0 Å². The molecule has 0 saturated carbocycles. The Bertz CT molecular complexity index is 926. The largest absolute Gasteiger partial charge is 0.497 e. The summed E-state index contributed by atoms with van der Waals surface area (Å²) >= 11 is 0. The summed E-state index contributed by atoms with van der Waals surface area (Å²) in [5.74, 6) is 1.45. The van der Waals surface area contributed by atoms with Gasteiger partial charge in [0, 0.05) is 36.7 Å². The molecule has 2 aromatic carbocycles. The van der Waals surface area contributed by atoms with E-state index in [1.165, 1.54) is 5.56 Å². The number of nitrogens with one attached hydrogen (secondary N) is 1. The van der Waals surface area contributed by atoms with Crippen LogP contribution in [0.5, 0.6) is 5.75 Å². The Hall–Kier alpha value is -3.05. The molecule has 1 N–H and O–H groups in total. The average molecular weight is 404 g/mol. The van der Waals surface area contributed by atoms with Gasteiger partial charge in [0.2, 0.25) is 0 Å². The van der Waals surface area contributed by atoms with Gasteiger partial charge in [-0.2, -0.15) is 0 Å². The van der Waals surface area contributed by atoms with Crippen LogP contribution in [0.2, 0.25) is 0 Å². The van der Waals surface area contributed by atoms with Crippen LogP contribution in [-0.4, -0.2) is 42.1 Å². The first-order chi connectivity index (χ1) is 14.7. The first-order valence-corrected chi connectivity index (χ1v) is 10.6. The van der Waals surface area contributed by atoms with Gasteiger partial charge in [-0.3, -0.25) is 9.69 Å². The summed E-state index contributed by atoms with van der Waals surface area (Å²) in [6.45, 7) is 3.85. The monoisotopic (exact) mass is 403 g/mol. The van der Waals surface area contributed by atoms with Crippen LogP contribution in [0, 0.1) is 5.92 Å². The van der Waals surface area contributed by atoms with E-state index in [2.05, 4.69) is 22.3 Å². The number of hydrogen-bond donors (Lipinski definition) is 1. The molecule has 1 aromatic heterocycles. The fraction of sp³-hybridized carbons (Fsp3) is 0.320. The predicted molar refractivity (Wildman–Crippen MR) is 119 cm³/mol. The van der Waals surface area contributed by atoms with E-state index in [1.807, 2.05) is 65.5 Å². The third kappa shape index (κ3) is 5.10. The van der Waals surface area contributed by atoms with Crippen LogP contribution in [0.4, 0.5) is 0 Å². The van der Waals surface area contributed by atoms with Gasteiger partial charge in [-0.25, -0.2) is 0 Å². The van der Waals surface area contributed by atoms with Crippen molar-refractivity contribution in [3.05, 3.63) is 84.2 Å². The second kappa shape index (κ2) is 9.63. The van der Waals surface area contributed by atoms with E-state index in [-0.39, 0.29) is 5.91 Å². The van der Waals surface area contributed by atoms with Crippen LogP contribution in [0.15, 0.2) is 73.1 Å². The van der Waals surface area contributed by atoms with Crippen molar-refractivity contribution in [2.75, 3.05) is 26.7 Å². The second-order valence-electron chi connectivity index (χ2n) is 7.91. The van der Waals surface area contributed by atoms with Crippen molar-refractivity contribution >= 4 is 5.91 Å². The van der Waals surface area contributed by atoms with Gasteiger partial charge in [0.1, 0.15) is 5.75 Å². The topological polar surface area (TPSA) is 46.5 Å². The molecule has 0 bridgehead atoms. The van der Waals surface area contributed by atoms with Crippen LogP contribution in [0.25, 0.3) is 5.69 Å². The number of aromatic nitrogens is 1. The lowest BCUT2D eigenvalue weighted by Gasteiger charge is -2.32. The summed E-state index contributed by atoms with van der Waals surface area (Å²) in [4.78, 5) is 15.0. The lowest BCUT2D eigenvalue weighted by Crippen LogP contribution is -2.38. The predicted octanol–water partition coefficient (Wildman–Crippen LogP) is 4.13. The number of carbonyl (C=O) groups is 1. The molecule has 3 aromatic rings. The molecule has 5 nitrogen and oxygen atoms in total. The molecule has 4 rings (SSSR count). The third-order valence-electron chi connectivity index (χ3n) is 5.86. The highest BCUT2D eigenvalue weighted by atomic mass is 16.5. The second-order valence-corrected chi connectivity index (χ2v) is 7.91. The highest BCUT2D eigenvalue weighted by Gasteiger charge is 2.20. The van der Waals surface area contributed by atoms with Gasteiger partial charge >= 0.3 is 0 Å². The number of carbonyl (C=O) groups excluding carboxylic acids is 1. The summed E-state index contributed by atoms with van der Waals surface area (Å²) in [7, 11) is 1.69. The van der Waals surface area contributed by atoms with Crippen molar-refractivity contribution in [2.45, 2.75) is 19.4 Å². The molecule has 1 fully saturated rings. The van der Waals surface area contributed by atoms with E-state index in [0.717, 1.165) is 50.5 Å². The Labute approximate surface area is 178 Å². The molecule has 0 spiro atoms. The number of hydrogen-bond acceptors (Lipinski definition) is 3. The lowest BCUT2D eigenvalue weighted by atomic mass is 9.96. The van der Waals surface area contributed by atoms with E-state index < -0.39 is 0 Å². The van der Waals surface area contributed by atoms with Gasteiger partial charge < -0.3 is 14.6 Å². The van der Waals surface area contributed by atoms with Gasteiger partial charge in [0.25, 0.3) is 5.91 Å². The minimum absolute atomic E-state index is 0.00900. The van der Waals surface area contributed by atoms with E-state index in [1.54, 1.807) is 7.11 Å². The molecule has 1 saturated heterocycles. The molecule has 0 aliphatic carbocycles.